The molecule has 1 heterocycles. The van der Waals surface area contributed by atoms with E-state index in [1.54, 1.807) is 18.3 Å². The summed E-state index contributed by atoms with van der Waals surface area (Å²) in [6, 6.07) is 19.0. The van der Waals surface area contributed by atoms with Crippen molar-refractivity contribution in [1.82, 2.24) is 10.3 Å². The SMILES string of the molecule is C=C(c1ccc(C)cn1)C1(Cc2cccc(C)c2)CC(=CN)C(=Nc2ccc(F)cc2)C=C1CCNCC. The van der Waals surface area contributed by atoms with Gasteiger partial charge in [0.2, 0.25) is 0 Å². The van der Waals surface area contributed by atoms with Crippen LogP contribution in [0.2, 0.25) is 0 Å². The van der Waals surface area contributed by atoms with Crippen LogP contribution >= 0.6 is 0 Å². The molecule has 0 amide bonds. The summed E-state index contributed by atoms with van der Waals surface area (Å²) in [5, 5.41) is 3.48. The third-order valence-electron chi connectivity index (χ3n) is 7.23. The number of nitrogens with one attached hydrogen (secondary N) is 1. The summed E-state index contributed by atoms with van der Waals surface area (Å²) in [5.74, 6) is -0.284. The van der Waals surface area contributed by atoms with Gasteiger partial charge in [0.05, 0.1) is 17.1 Å². The predicted molar refractivity (Wildman–Crippen MR) is 157 cm³/mol. The van der Waals surface area contributed by atoms with Crippen molar-refractivity contribution in [3.63, 3.8) is 0 Å². The fourth-order valence-electron chi connectivity index (χ4n) is 5.18. The minimum absolute atomic E-state index is 0.284. The van der Waals surface area contributed by atoms with Crippen LogP contribution in [0.15, 0.2) is 102 Å². The molecule has 196 valence electrons. The summed E-state index contributed by atoms with van der Waals surface area (Å²) in [7, 11) is 0. The number of aryl methyl sites for hydroxylation is 2. The van der Waals surface area contributed by atoms with E-state index in [-0.39, 0.29) is 5.82 Å². The first-order valence-corrected chi connectivity index (χ1v) is 13.2. The van der Waals surface area contributed by atoms with Gasteiger partial charge in [0.25, 0.3) is 0 Å². The molecule has 0 saturated carbocycles. The molecule has 0 saturated heterocycles. The molecular weight excluding hydrogens is 471 g/mol. The van der Waals surface area contributed by atoms with Gasteiger partial charge in [-0.15, -0.1) is 0 Å². The molecule has 1 atom stereocenters. The van der Waals surface area contributed by atoms with Gasteiger partial charge in [-0.1, -0.05) is 55.0 Å². The highest BCUT2D eigenvalue weighted by molar-refractivity contribution is 6.11. The first kappa shape index (κ1) is 27.2. The van der Waals surface area contributed by atoms with E-state index in [9.17, 15) is 4.39 Å². The molecule has 0 radical (unpaired) electrons. The van der Waals surface area contributed by atoms with Crippen molar-refractivity contribution in [2.45, 2.75) is 40.0 Å². The number of rotatable bonds is 9. The number of pyridine rings is 1. The van der Waals surface area contributed by atoms with E-state index >= 15 is 0 Å². The largest absolute Gasteiger partial charge is 0.404 e. The molecule has 38 heavy (non-hydrogen) atoms. The van der Waals surface area contributed by atoms with Crippen LogP contribution < -0.4 is 11.1 Å². The summed E-state index contributed by atoms with van der Waals surface area (Å²) in [5.41, 5.74) is 14.9. The lowest BCUT2D eigenvalue weighted by molar-refractivity contribution is 0.448. The lowest BCUT2D eigenvalue weighted by atomic mass is 9.61. The van der Waals surface area contributed by atoms with Gasteiger partial charge in [0, 0.05) is 11.6 Å². The Labute approximate surface area is 225 Å². The third kappa shape index (κ3) is 6.17. The molecular formula is C33H37FN4. The molecule has 2 aromatic carbocycles. The van der Waals surface area contributed by atoms with Gasteiger partial charge in [-0.2, -0.15) is 0 Å². The second kappa shape index (κ2) is 12.1. The van der Waals surface area contributed by atoms with Gasteiger partial charge in [-0.25, -0.2) is 9.38 Å². The smallest absolute Gasteiger partial charge is 0.123 e. The first-order chi connectivity index (χ1) is 18.3. The topological polar surface area (TPSA) is 63.3 Å². The van der Waals surface area contributed by atoms with E-state index in [1.165, 1.54) is 28.8 Å². The molecule has 1 aliphatic carbocycles. The molecule has 0 fully saturated rings. The third-order valence-corrected chi connectivity index (χ3v) is 7.23. The lowest BCUT2D eigenvalue weighted by Gasteiger charge is -2.42. The predicted octanol–water partition coefficient (Wildman–Crippen LogP) is 7.02. The number of nitrogens with two attached hydrogens (primary N) is 1. The number of nitrogens with zero attached hydrogens (tertiary/aromatic N) is 2. The number of aliphatic imine (C=N–C) groups is 1. The van der Waals surface area contributed by atoms with E-state index in [4.69, 9.17) is 15.7 Å². The fraction of sp³-hybridized carbons (Fsp3) is 0.273. The Morgan fingerprint density at radius 1 is 1.13 bits per heavy atom. The normalized spacial score (nSPS) is 19.5. The molecule has 4 nitrogen and oxygen atoms in total. The quantitative estimate of drug-likeness (QED) is 0.305. The zero-order chi connectivity index (χ0) is 27.1. The Morgan fingerprint density at radius 2 is 1.92 bits per heavy atom. The molecule has 3 N–H and O–H groups in total. The van der Waals surface area contributed by atoms with E-state index in [2.05, 4.69) is 68.2 Å². The Kier molecular flexibility index (Phi) is 8.70. The highest BCUT2D eigenvalue weighted by atomic mass is 19.1. The molecule has 0 bridgehead atoms. The lowest BCUT2D eigenvalue weighted by Crippen LogP contribution is -2.35. The zero-order valence-electron chi connectivity index (χ0n) is 22.6. The van der Waals surface area contributed by atoms with E-state index < -0.39 is 5.41 Å². The number of allylic oxidation sites excluding steroid dienone is 3. The summed E-state index contributed by atoms with van der Waals surface area (Å²) < 4.78 is 13.5. The number of aromatic nitrogens is 1. The number of halogens is 1. The van der Waals surface area contributed by atoms with Crippen molar-refractivity contribution in [1.29, 1.82) is 0 Å². The van der Waals surface area contributed by atoms with Gasteiger partial charge < -0.3 is 11.1 Å². The zero-order valence-corrected chi connectivity index (χ0v) is 22.6. The van der Waals surface area contributed by atoms with E-state index in [1.807, 2.05) is 13.1 Å². The maximum Gasteiger partial charge on any atom is 0.123 e. The van der Waals surface area contributed by atoms with Crippen LogP contribution in [0, 0.1) is 25.1 Å². The molecule has 5 heteroatoms. The first-order valence-electron chi connectivity index (χ1n) is 13.2. The van der Waals surface area contributed by atoms with Crippen LogP contribution in [0.4, 0.5) is 10.1 Å². The highest BCUT2D eigenvalue weighted by Gasteiger charge is 2.42. The van der Waals surface area contributed by atoms with Crippen molar-refractivity contribution >= 4 is 17.0 Å². The average Bonchev–Trinajstić information content (AvgIpc) is 2.91. The Bertz CT molecular complexity index is 1370. The molecule has 4 rings (SSSR count). The summed E-state index contributed by atoms with van der Waals surface area (Å²) in [6.07, 6.45) is 7.95. The van der Waals surface area contributed by atoms with Crippen LogP contribution in [0.1, 0.15) is 42.1 Å². The van der Waals surface area contributed by atoms with Crippen LogP contribution in [-0.2, 0) is 6.42 Å². The van der Waals surface area contributed by atoms with Crippen LogP contribution in [0.5, 0.6) is 0 Å². The fourth-order valence-corrected chi connectivity index (χ4v) is 5.18. The minimum atomic E-state index is -0.432. The molecule has 0 spiro atoms. The Balaban J connectivity index is 1.90. The van der Waals surface area contributed by atoms with Crippen LogP contribution in [-0.4, -0.2) is 23.8 Å². The highest BCUT2D eigenvalue weighted by Crippen LogP contribution is 2.51. The van der Waals surface area contributed by atoms with Gasteiger partial charge >= 0.3 is 0 Å². The maximum atomic E-state index is 13.5. The van der Waals surface area contributed by atoms with Crippen LogP contribution in [0.3, 0.4) is 0 Å². The van der Waals surface area contributed by atoms with Crippen molar-refractivity contribution in [2.75, 3.05) is 13.1 Å². The maximum absolute atomic E-state index is 13.5. The second-order valence-corrected chi connectivity index (χ2v) is 10.1. The van der Waals surface area contributed by atoms with Crippen molar-refractivity contribution in [3.05, 3.63) is 125 Å². The summed E-state index contributed by atoms with van der Waals surface area (Å²) in [6.45, 7) is 12.7. The Morgan fingerprint density at radius 3 is 2.58 bits per heavy atom. The molecule has 1 aliphatic rings. The molecule has 0 aliphatic heterocycles. The molecule has 1 aromatic heterocycles. The van der Waals surface area contributed by atoms with Crippen LogP contribution in [0.25, 0.3) is 5.57 Å². The summed E-state index contributed by atoms with van der Waals surface area (Å²) in [4.78, 5) is 9.66. The average molecular weight is 509 g/mol. The molecule has 3 aromatic rings. The monoisotopic (exact) mass is 508 g/mol. The van der Waals surface area contributed by atoms with Gasteiger partial charge in [-0.3, -0.25) is 4.98 Å². The van der Waals surface area contributed by atoms with Crippen molar-refractivity contribution < 1.29 is 4.39 Å². The summed E-state index contributed by atoms with van der Waals surface area (Å²) >= 11 is 0. The number of hydrogen-bond acceptors (Lipinski definition) is 4. The number of benzene rings is 2. The number of hydrogen-bond donors (Lipinski definition) is 2. The van der Waals surface area contributed by atoms with Gasteiger partial charge in [-0.05, 0) is 111 Å². The van der Waals surface area contributed by atoms with Crippen molar-refractivity contribution in [2.24, 2.45) is 16.1 Å². The van der Waals surface area contributed by atoms with Gasteiger partial charge in [0.15, 0.2) is 0 Å². The van der Waals surface area contributed by atoms with Crippen molar-refractivity contribution in [3.8, 4) is 0 Å². The molecule has 1 unspecified atom stereocenters. The second-order valence-electron chi connectivity index (χ2n) is 10.1. The minimum Gasteiger partial charge on any atom is -0.404 e. The van der Waals surface area contributed by atoms with E-state index in [0.717, 1.165) is 54.0 Å². The Hall–Kier alpha value is -3.83. The van der Waals surface area contributed by atoms with E-state index in [0.29, 0.717) is 12.1 Å². The standard InChI is InChI=1S/C33H37FN4/c1-5-36-16-15-28-18-32(38-30-12-10-29(34)11-13-30)27(21-35)20-33(28,19-26-8-6-7-23(2)17-26)25(4)31-14-9-24(3)22-37-31/h6-14,17-18,21-22,36H,4-5,15-16,19-20,35H2,1-3H3. The van der Waals surface area contributed by atoms with Gasteiger partial charge in [0.1, 0.15) is 5.82 Å².